The van der Waals surface area contributed by atoms with E-state index in [1.165, 1.54) is 0 Å². The van der Waals surface area contributed by atoms with Gasteiger partial charge in [0, 0.05) is 24.0 Å². The zero-order chi connectivity index (χ0) is 16.6. The molecule has 2 aromatic rings. The summed E-state index contributed by atoms with van der Waals surface area (Å²) in [5.74, 6) is 0. The van der Waals surface area contributed by atoms with Crippen LogP contribution in [-0.2, 0) is 5.60 Å². The number of anilines is 1. The highest BCUT2D eigenvalue weighted by atomic mass is 79.9. The average Bonchev–Trinajstić information content (AvgIpc) is 2.85. The van der Waals surface area contributed by atoms with Crippen molar-refractivity contribution in [1.29, 1.82) is 5.26 Å². The van der Waals surface area contributed by atoms with Gasteiger partial charge in [0.05, 0.1) is 16.6 Å². The normalized spacial score (nSPS) is 23.8. The zero-order valence-electron chi connectivity index (χ0n) is 12.5. The predicted molar refractivity (Wildman–Crippen MR) is 93.4 cm³/mol. The fourth-order valence-corrected chi connectivity index (χ4v) is 3.55. The number of hydrogen-bond donors (Lipinski definition) is 1. The van der Waals surface area contributed by atoms with Crippen LogP contribution in [-0.4, -0.2) is 22.7 Å². The number of halogens is 2. The lowest BCUT2D eigenvalue weighted by Crippen LogP contribution is -2.40. The molecule has 0 amide bonds. The van der Waals surface area contributed by atoms with Gasteiger partial charge in [-0.2, -0.15) is 5.26 Å². The molecule has 0 unspecified atom stereocenters. The summed E-state index contributed by atoms with van der Waals surface area (Å²) in [6, 6.07) is 11.0. The molecule has 1 N–H and O–H groups in total. The standard InChI is InChI=1S/C17H15BrClN3O/c1-11-17(23,13-3-5-16(18)21-10-13)6-7-22(11)14-4-2-12(9-20)15(19)8-14/h2-5,8,10-11,23H,6-7H2,1H3/t11-,17-/m1/s1. The molecule has 6 heteroatoms. The molecule has 0 spiro atoms. The van der Waals surface area contributed by atoms with Gasteiger partial charge in [0.15, 0.2) is 0 Å². The highest BCUT2D eigenvalue weighted by molar-refractivity contribution is 9.10. The van der Waals surface area contributed by atoms with Crippen LogP contribution in [0.2, 0.25) is 5.02 Å². The Labute approximate surface area is 148 Å². The minimum Gasteiger partial charge on any atom is -0.383 e. The van der Waals surface area contributed by atoms with Crippen molar-refractivity contribution in [3.63, 3.8) is 0 Å². The SMILES string of the molecule is C[C@H]1N(c2ccc(C#N)c(Cl)c2)CC[C@]1(O)c1ccc(Br)nc1. The van der Waals surface area contributed by atoms with E-state index in [9.17, 15) is 5.11 Å². The summed E-state index contributed by atoms with van der Waals surface area (Å²) >= 11 is 9.45. The van der Waals surface area contributed by atoms with Crippen LogP contribution in [0.5, 0.6) is 0 Å². The molecule has 1 aliphatic rings. The number of nitriles is 1. The second kappa shape index (κ2) is 6.12. The van der Waals surface area contributed by atoms with E-state index in [4.69, 9.17) is 16.9 Å². The van der Waals surface area contributed by atoms with Crippen LogP contribution in [0, 0.1) is 11.3 Å². The molecule has 1 fully saturated rings. The van der Waals surface area contributed by atoms with Gasteiger partial charge in [0.25, 0.3) is 0 Å². The van der Waals surface area contributed by atoms with Gasteiger partial charge in [0.1, 0.15) is 16.3 Å². The van der Waals surface area contributed by atoms with E-state index < -0.39 is 5.60 Å². The van der Waals surface area contributed by atoms with Gasteiger partial charge in [-0.25, -0.2) is 4.98 Å². The summed E-state index contributed by atoms with van der Waals surface area (Å²) < 4.78 is 0.742. The second-order valence-corrected chi connectivity index (χ2v) is 6.91. The van der Waals surface area contributed by atoms with E-state index in [0.29, 0.717) is 23.6 Å². The van der Waals surface area contributed by atoms with Crippen LogP contribution < -0.4 is 4.90 Å². The zero-order valence-corrected chi connectivity index (χ0v) is 14.8. The van der Waals surface area contributed by atoms with Crippen LogP contribution in [0.4, 0.5) is 5.69 Å². The first-order chi connectivity index (χ1) is 11.0. The number of pyridine rings is 1. The molecular weight excluding hydrogens is 378 g/mol. The largest absolute Gasteiger partial charge is 0.383 e. The van der Waals surface area contributed by atoms with E-state index in [1.807, 2.05) is 25.1 Å². The molecule has 118 valence electrons. The Morgan fingerprint density at radius 3 is 2.83 bits per heavy atom. The molecule has 1 aromatic heterocycles. The first kappa shape index (κ1) is 16.3. The monoisotopic (exact) mass is 391 g/mol. The van der Waals surface area contributed by atoms with E-state index >= 15 is 0 Å². The fraction of sp³-hybridized carbons (Fsp3) is 0.294. The van der Waals surface area contributed by atoms with Gasteiger partial charge in [0.2, 0.25) is 0 Å². The van der Waals surface area contributed by atoms with E-state index in [-0.39, 0.29) is 6.04 Å². The van der Waals surface area contributed by atoms with E-state index in [2.05, 4.69) is 31.9 Å². The maximum atomic E-state index is 11.1. The van der Waals surface area contributed by atoms with Crippen LogP contribution in [0.15, 0.2) is 41.1 Å². The maximum Gasteiger partial charge on any atom is 0.113 e. The van der Waals surface area contributed by atoms with Crippen LogP contribution >= 0.6 is 27.5 Å². The van der Waals surface area contributed by atoms with Gasteiger partial charge in [-0.15, -0.1) is 0 Å². The third-order valence-electron chi connectivity index (χ3n) is 4.52. The Hall–Kier alpha value is -1.61. The first-order valence-corrected chi connectivity index (χ1v) is 8.43. The molecular formula is C17H15BrClN3O. The van der Waals surface area contributed by atoms with Gasteiger partial charge in [-0.05, 0) is 53.5 Å². The Morgan fingerprint density at radius 2 is 2.22 bits per heavy atom. The number of hydrogen-bond acceptors (Lipinski definition) is 4. The molecule has 1 aromatic carbocycles. The fourth-order valence-electron chi connectivity index (χ4n) is 3.09. The van der Waals surface area contributed by atoms with Crippen molar-refractivity contribution in [2.45, 2.75) is 25.0 Å². The highest BCUT2D eigenvalue weighted by Crippen LogP contribution is 2.40. The lowest BCUT2D eigenvalue weighted by Gasteiger charge is -2.32. The number of aromatic nitrogens is 1. The van der Waals surface area contributed by atoms with Crippen LogP contribution in [0.3, 0.4) is 0 Å². The molecule has 0 aliphatic carbocycles. The molecule has 0 saturated carbocycles. The highest BCUT2D eigenvalue weighted by Gasteiger charge is 2.45. The average molecular weight is 393 g/mol. The molecule has 0 radical (unpaired) electrons. The maximum absolute atomic E-state index is 11.1. The topological polar surface area (TPSA) is 60.2 Å². The molecule has 1 saturated heterocycles. The number of aliphatic hydroxyl groups is 1. The third kappa shape index (κ3) is 2.83. The summed E-state index contributed by atoms with van der Waals surface area (Å²) in [5, 5.41) is 20.6. The molecule has 2 atom stereocenters. The van der Waals surface area contributed by atoms with Crippen molar-refractivity contribution in [3.05, 3.63) is 57.3 Å². The van der Waals surface area contributed by atoms with Crippen molar-refractivity contribution in [2.75, 3.05) is 11.4 Å². The Bertz CT molecular complexity index is 774. The van der Waals surface area contributed by atoms with Crippen molar-refractivity contribution in [3.8, 4) is 6.07 Å². The molecule has 0 bridgehead atoms. The smallest absolute Gasteiger partial charge is 0.113 e. The van der Waals surface area contributed by atoms with Crippen molar-refractivity contribution in [1.82, 2.24) is 4.98 Å². The van der Waals surface area contributed by atoms with E-state index in [0.717, 1.165) is 15.9 Å². The van der Waals surface area contributed by atoms with Crippen molar-refractivity contribution >= 4 is 33.2 Å². The predicted octanol–water partition coefficient (Wildman–Crippen LogP) is 3.86. The van der Waals surface area contributed by atoms with Crippen LogP contribution in [0.25, 0.3) is 0 Å². The van der Waals surface area contributed by atoms with Gasteiger partial charge in [-0.3, -0.25) is 0 Å². The lowest BCUT2D eigenvalue weighted by molar-refractivity contribution is 0.0326. The summed E-state index contributed by atoms with van der Waals surface area (Å²) in [6.45, 7) is 2.69. The van der Waals surface area contributed by atoms with Crippen molar-refractivity contribution < 1.29 is 5.11 Å². The van der Waals surface area contributed by atoms with Gasteiger partial charge >= 0.3 is 0 Å². The van der Waals surface area contributed by atoms with Crippen LogP contribution in [0.1, 0.15) is 24.5 Å². The Balaban J connectivity index is 1.92. The summed E-state index contributed by atoms with van der Waals surface area (Å²) in [7, 11) is 0. The minimum atomic E-state index is -0.964. The van der Waals surface area contributed by atoms with Gasteiger partial charge < -0.3 is 10.0 Å². The van der Waals surface area contributed by atoms with Gasteiger partial charge in [-0.1, -0.05) is 17.7 Å². The van der Waals surface area contributed by atoms with E-state index in [1.54, 1.807) is 18.3 Å². The first-order valence-electron chi connectivity index (χ1n) is 7.26. The molecule has 1 aliphatic heterocycles. The van der Waals surface area contributed by atoms with Crippen molar-refractivity contribution in [2.24, 2.45) is 0 Å². The quantitative estimate of drug-likeness (QED) is 0.789. The number of rotatable bonds is 2. The summed E-state index contributed by atoms with van der Waals surface area (Å²) in [6.07, 6.45) is 2.31. The molecule has 2 heterocycles. The number of nitrogens with zero attached hydrogens (tertiary/aromatic N) is 3. The minimum absolute atomic E-state index is 0.130. The second-order valence-electron chi connectivity index (χ2n) is 5.69. The third-order valence-corrected chi connectivity index (χ3v) is 5.31. The Kier molecular flexibility index (Phi) is 4.33. The summed E-state index contributed by atoms with van der Waals surface area (Å²) in [5.41, 5.74) is 1.20. The molecule has 4 nitrogen and oxygen atoms in total. The summed E-state index contributed by atoms with van der Waals surface area (Å²) in [4.78, 5) is 6.33. The molecule has 23 heavy (non-hydrogen) atoms. The lowest BCUT2D eigenvalue weighted by atomic mass is 9.88. The number of benzene rings is 1. The Morgan fingerprint density at radius 1 is 1.43 bits per heavy atom. The molecule has 3 rings (SSSR count).